The first-order valence-corrected chi connectivity index (χ1v) is 8.03. The Morgan fingerprint density at radius 1 is 0.714 bits per heavy atom. The molecule has 0 aliphatic heterocycles. The molecule has 2 aromatic carbocycles. The van der Waals surface area contributed by atoms with E-state index in [1.165, 1.54) is 48.8 Å². The maximum absolute atomic E-state index is 11.6. The third kappa shape index (κ3) is 6.33. The summed E-state index contributed by atoms with van der Waals surface area (Å²) in [5.74, 6) is -2.15. The molecule has 10 heteroatoms. The lowest BCUT2D eigenvalue weighted by molar-refractivity contribution is -0.126. The number of aromatic hydroxyl groups is 4. The lowest BCUT2D eigenvalue weighted by Crippen LogP contribution is -2.22. The summed E-state index contributed by atoms with van der Waals surface area (Å²) in [4.78, 5) is 23.3. The zero-order valence-corrected chi connectivity index (χ0v) is 14.5. The molecular weight excluding hydrogens is 368 g/mol. The predicted octanol–water partition coefficient (Wildman–Crippen LogP) is 0.890. The molecular formula is C18H18N4O6. The summed E-state index contributed by atoms with van der Waals surface area (Å²) in [5, 5.41) is 44.5. The quantitative estimate of drug-likeness (QED) is 0.235. The fourth-order valence-electron chi connectivity index (χ4n) is 1.94. The van der Waals surface area contributed by atoms with Crippen LogP contribution in [0.2, 0.25) is 0 Å². The summed E-state index contributed by atoms with van der Waals surface area (Å²) >= 11 is 0. The van der Waals surface area contributed by atoms with Crippen LogP contribution < -0.4 is 10.9 Å². The Bertz CT molecular complexity index is 851. The van der Waals surface area contributed by atoms with Gasteiger partial charge in [-0.15, -0.1) is 0 Å². The Morgan fingerprint density at radius 2 is 1.11 bits per heavy atom. The van der Waals surface area contributed by atoms with Gasteiger partial charge in [-0.05, 0) is 47.5 Å². The fraction of sp³-hybridized carbons (Fsp3) is 0.111. The van der Waals surface area contributed by atoms with Crippen molar-refractivity contribution in [2.75, 3.05) is 0 Å². The van der Waals surface area contributed by atoms with Crippen LogP contribution >= 0.6 is 0 Å². The first-order chi connectivity index (χ1) is 13.3. The number of phenolic OH excluding ortho intramolecular Hbond substituents is 4. The molecule has 0 atom stereocenters. The standard InChI is InChI=1S/C18H18N4O6/c23-13-3-1-11(7-15(13)25)9-19-21-17(27)5-6-18(28)22-20-10-12-2-4-14(24)16(26)8-12/h1-4,7-10,23-26H,5-6H2,(H,21,27)(H,22,28). The number of hydrazone groups is 2. The minimum atomic E-state index is -0.498. The van der Waals surface area contributed by atoms with Gasteiger partial charge in [0, 0.05) is 12.8 Å². The number of carbonyl (C=O) groups excluding carboxylic acids is 2. The van der Waals surface area contributed by atoms with Gasteiger partial charge in [0.15, 0.2) is 23.0 Å². The largest absolute Gasteiger partial charge is 0.504 e. The highest BCUT2D eigenvalue weighted by molar-refractivity contribution is 5.87. The molecule has 6 N–H and O–H groups in total. The van der Waals surface area contributed by atoms with Crippen molar-refractivity contribution in [2.24, 2.45) is 10.2 Å². The number of benzene rings is 2. The number of carbonyl (C=O) groups is 2. The van der Waals surface area contributed by atoms with Crippen molar-refractivity contribution in [1.29, 1.82) is 0 Å². The second-order valence-corrected chi connectivity index (χ2v) is 5.58. The van der Waals surface area contributed by atoms with E-state index in [0.717, 1.165) is 0 Å². The molecule has 0 unspecified atom stereocenters. The van der Waals surface area contributed by atoms with Crippen LogP contribution in [0.15, 0.2) is 46.6 Å². The van der Waals surface area contributed by atoms with Crippen LogP contribution in [0.1, 0.15) is 24.0 Å². The van der Waals surface area contributed by atoms with Crippen LogP contribution in [0.4, 0.5) is 0 Å². The average Bonchev–Trinajstić information content (AvgIpc) is 2.66. The van der Waals surface area contributed by atoms with Crippen LogP contribution in [0.3, 0.4) is 0 Å². The van der Waals surface area contributed by atoms with E-state index in [-0.39, 0.29) is 35.8 Å². The SMILES string of the molecule is O=C(CCC(=O)NN=Cc1ccc(O)c(O)c1)NN=Cc1ccc(O)c(O)c1. The molecule has 0 bridgehead atoms. The summed E-state index contributed by atoms with van der Waals surface area (Å²) in [6, 6.07) is 8.08. The molecule has 0 saturated carbocycles. The third-order valence-electron chi connectivity index (χ3n) is 3.38. The van der Waals surface area contributed by atoms with Gasteiger partial charge in [0.1, 0.15) is 0 Å². The minimum Gasteiger partial charge on any atom is -0.504 e. The number of phenols is 4. The van der Waals surface area contributed by atoms with Crippen molar-refractivity contribution >= 4 is 24.2 Å². The van der Waals surface area contributed by atoms with E-state index in [1.807, 2.05) is 0 Å². The van der Waals surface area contributed by atoms with E-state index in [1.54, 1.807) is 0 Å². The van der Waals surface area contributed by atoms with E-state index in [2.05, 4.69) is 21.1 Å². The topological polar surface area (TPSA) is 164 Å². The summed E-state index contributed by atoms with van der Waals surface area (Å²) < 4.78 is 0. The number of hydrogen-bond acceptors (Lipinski definition) is 8. The monoisotopic (exact) mass is 386 g/mol. The lowest BCUT2D eigenvalue weighted by Gasteiger charge is -2.01. The van der Waals surface area contributed by atoms with Crippen molar-refractivity contribution in [3.8, 4) is 23.0 Å². The van der Waals surface area contributed by atoms with Gasteiger partial charge in [0.05, 0.1) is 12.4 Å². The van der Waals surface area contributed by atoms with Crippen molar-refractivity contribution in [3.05, 3.63) is 47.5 Å². The minimum absolute atomic E-state index is 0.125. The second-order valence-electron chi connectivity index (χ2n) is 5.58. The Kier molecular flexibility index (Phi) is 6.92. The van der Waals surface area contributed by atoms with Gasteiger partial charge >= 0.3 is 0 Å². The van der Waals surface area contributed by atoms with Crippen LogP contribution in [0.25, 0.3) is 0 Å². The molecule has 2 aromatic rings. The molecule has 0 heterocycles. The molecule has 146 valence electrons. The number of nitrogens with zero attached hydrogens (tertiary/aromatic N) is 2. The zero-order chi connectivity index (χ0) is 20.5. The van der Waals surface area contributed by atoms with Crippen LogP contribution in [-0.4, -0.2) is 44.7 Å². The molecule has 0 aliphatic carbocycles. The molecule has 0 saturated heterocycles. The van der Waals surface area contributed by atoms with Gasteiger partial charge in [0.2, 0.25) is 11.8 Å². The van der Waals surface area contributed by atoms with Gasteiger partial charge in [-0.2, -0.15) is 10.2 Å². The van der Waals surface area contributed by atoms with E-state index in [4.69, 9.17) is 0 Å². The molecule has 0 radical (unpaired) electrons. The Labute approximate surface area is 159 Å². The normalized spacial score (nSPS) is 11.0. The van der Waals surface area contributed by atoms with Gasteiger partial charge in [-0.1, -0.05) is 0 Å². The highest BCUT2D eigenvalue weighted by Crippen LogP contribution is 2.24. The first-order valence-electron chi connectivity index (χ1n) is 8.03. The Morgan fingerprint density at radius 3 is 1.46 bits per heavy atom. The fourth-order valence-corrected chi connectivity index (χ4v) is 1.94. The van der Waals surface area contributed by atoms with Crippen molar-refractivity contribution < 1.29 is 30.0 Å². The highest BCUT2D eigenvalue weighted by Gasteiger charge is 2.05. The third-order valence-corrected chi connectivity index (χ3v) is 3.38. The summed E-state index contributed by atoms with van der Waals surface area (Å²) in [6.45, 7) is 0. The number of hydrogen-bond donors (Lipinski definition) is 6. The number of nitrogens with one attached hydrogen (secondary N) is 2. The molecule has 0 aromatic heterocycles. The summed E-state index contributed by atoms with van der Waals surface area (Å²) in [5.41, 5.74) is 5.38. The van der Waals surface area contributed by atoms with Gasteiger partial charge in [0.25, 0.3) is 0 Å². The first kappa shape index (κ1) is 20.2. The Balaban J connectivity index is 1.72. The molecule has 2 amide bonds. The van der Waals surface area contributed by atoms with Crippen molar-refractivity contribution in [3.63, 3.8) is 0 Å². The Hall–Kier alpha value is -4.08. The summed E-state index contributed by atoms with van der Waals surface area (Å²) in [7, 11) is 0. The van der Waals surface area contributed by atoms with Crippen molar-refractivity contribution in [1.82, 2.24) is 10.9 Å². The summed E-state index contributed by atoms with van der Waals surface area (Å²) in [6.07, 6.45) is 2.29. The molecule has 10 nitrogen and oxygen atoms in total. The second kappa shape index (κ2) is 9.57. The number of rotatable bonds is 7. The maximum atomic E-state index is 11.6. The zero-order valence-electron chi connectivity index (χ0n) is 14.5. The van der Waals surface area contributed by atoms with Crippen LogP contribution in [-0.2, 0) is 9.59 Å². The molecule has 2 rings (SSSR count). The molecule has 28 heavy (non-hydrogen) atoms. The molecule has 0 spiro atoms. The van der Waals surface area contributed by atoms with Crippen LogP contribution in [0, 0.1) is 0 Å². The maximum Gasteiger partial charge on any atom is 0.240 e. The van der Waals surface area contributed by atoms with Gasteiger partial charge in [-0.25, -0.2) is 10.9 Å². The van der Waals surface area contributed by atoms with Gasteiger partial charge < -0.3 is 20.4 Å². The van der Waals surface area contributed by atoms with E-state index in [9.17, 15) is 30.0 Å². The number of amides is 2. The molecule has 0 fully saturated rings. The van der Waals surface area contributed by atoms with E-state index in [0.29, 0.717) is 11.1 Å². The molecule has 0 aliphatic rings. The van der Waals surface area contributed by atoms with E-state index < -0.39 is 11.8 Å². The van der Waals surface area contributed by atoms with Gasteiger partial charge in [-0.3, -0.25) is 9.59 Å². The lowest BCUT2D eigenvalue weighted by atomic mass is 10.2. The average molecular weight is 386 g/mol. The predicted molar refractivity (Wildman–Crippen MR) is 100 cm³/mol. The van der Waals surface area contributed by atoms with E-state index >= 15 is 0 Å². The van der Waals surface area contributed by atoms with Crippen LogP contribution in [0.5, 0.6) is 23.0 Å². The highest BCUT2D eigenvalue weighted by atomic mass is 16.3. The smallest absolute Gasteiger partial charge is 0.240 e. The van der Waals surface area contributed by atoms with Crippen molar-refractivity contribution in [2.45, 2.75) is 12.8 Å².